The lowest BCUT2D eigenvalue weighted by atomic mass is 9.76. The van der Waals surface area contributed by atoms with E-state index < -0.39 is 16.8 Å². The first kappa shape index (κ1) is 21.8. The molecule has 0 atom stereocenters. The van der Waals surface area contributed by atoms with Crippen LogP contribution in [0.2, 0.25) is 5.02 Å². The minimum Gasteiger partial charge on any atom is -0.494 e. The highest BCUT2D eigenvalue weighted by molar-refractivity contribution is 6.30. The highest BCUT2D eigenvalue weighted by atomic mass is 35.5. The van der Waals surface area contributed by atoms with Gasteiger partial charge in [0, 0.05) is 35.9 Å². The van der Waals surface area contributed by atoms with E-state index in [9.17, 15) is 5.11 Å². The Bertz CT molecular complexity index is 1070. The third-order valence-corrected chi connectivity index (χ3v) is 5.73. The number of imidazole rings is 1. The highest BCUT2D eigenvalue weighted by Gasteiger charge is 2.49. The Kier molecular flexibility index (Phi) is 5.36. The summed E-state index contributed by atoms with van der Waals surface area (Å²) in [7, 11) is 1.61. The molecule has 1 aliphatic heterocycles. The summed E-state index contributed by atoms with van der Waals surface area (Å²) in [6.07, 6.45) is 4.44. The topological polar surface area (TPSA) is 69.4 Å². The van der Waals surface area contributed by atoms with E-state index in [4.69, 9.17) is 26.1 Å². The lowest BCUT2D eigenvalue weighted by Gasteiger charge is -2.49. The second-order valence-corrected chi connectivity index (χ2v) is 9.79. The molecule has 0 spiro atoms. The molecule has 3 heterocycles. The number of pyridine rings is 1. The molecule has 0 aliphatic carbocycles. The van der Waals surface area contributed by atoms with Crippen molar-refractivity contribution < 1.29 is 14.6 Å². The number of benzene rings is 1. The van der Waals surface area contributed by atoms with Crippen LogP contribution in [-0.4, -0.2) is 38.0 Å². The number of hydrogen-bond acceptors (Lipinski definition) is 5. The van der Waals surface area contributed by atoms with E-state index in [2.05, 4.69) is 4.98 Å². The summed E-state index contributed by atoms with van der Waals surface area (Å²) < 4.78 is 13.6. The van der Waals surface area contributed by atoms with E-state index in [0.717, 1.165) is 5.69 Å². The van der Waals surface area contributed by atoms with Crippen molar-refractivity contribution in [2.75, 3.05) is 7.11 Å². The molecule has 0 amide bonds. The number of ether oxygens (including phenoxy) is 2. The van der Waals surface area contributed by atoms with Crippen molar-refractivity contribution in [1.29, 1.82) is 0 Å². The molecule has 0 unspecified atom stereocenters. The molecule has 1 N–H and O–H groups in total. The zero-order valence-electron chi connectivity index (χ0n) is 18.5. The van der Waals surface area contributed by atoms with Gasteiger partial charge in [0.15, 0.2) is 5.82 Å². The first-order chi connectivity index (χ1) is 14.5. The van der Waals surface area contributed by atoms with Crippen LogP contribution >= 0.6 is 11.6 Å². The summed E-state index contributed by atoms with van der Waals surface area (Å²) in [4.78, 5) is 9.42. The Morgan fingerprint density at radius 3 is 2.32 bits per heavy atom. The van der Waals surface area contributed by atoms with Gasteiger partial charge in [-0.1, -0.05) is 11.6 Å². The third kappa shape index (κ3) is 4.33. The van der Waals surface area contributed by atoms with Crippen LogP contribution < -0.4 is 4.74 Å². The molecule has 31 heavy (non-hydrogen) atoms. The summed E-state index contributed by atoms with van der Waals surface area (Å²) >= 11 is 6.10. The predicted octanol–water partition coefficient (Wildman–Crippen LogP) is 5.15. The van der Waals surface area contributed by atoms with Crippen molar-refractivity contribution in [3.8, 4) is 23.0 Å². The maximum Gasteiger partial charge on any atom is 0.167 e. The summed E-state index contributed by atoms with van der Waals surface area (Å²) in [5.74, 6) is 1.19. The summed E-state index contributed by atoms with van der Waals surface area (Å²) in [5.41, 5.74) is -0.109. The molecule has 1 aromatic carbocycles. The Balaban J connectivity index is 1.90. The average Bonchev–Trinajstić information content (AvgIpc) is 3.12. The Hall–Kier alpha value is -2.41. The number of nitrogens with zero attached hydrogens (tertiary/aromatic N) is 3. The Morgan fingerprint density at radius 2 is 1.71 bits per heavy atom. The van der Waals surface area contributed by atoms with Crippen molar-refractivity contribution in [3.05, 3.63) is 59.5 Å². The van der Waals surface area contributed by atoms with E-state index in [1.54, 1.807) is 13.3 Å². The van der Waals surface area contributed by atoms with Gasteiger partial charge in [-0.2, -0.15) is 0 Å². The van der Waals surface area contributed by atoms with Gasteiger partial charge >= 0.3 is 0 Å². The van der Waals surface area contributed by atoms with Crippen LogP contribution in [0.1, 0.15) is 46.2 Å². The van der Waals surface area contributed by atoms with Crippen molar-refractivity contribution >= 4 is 11.6 Å². The quantitative estimate of drug-likeness (QED) is 0.606. The van der Waals surface area contributed by atoms with Crippen LogP contribution in [0.4, 0.5) is 0 Å². The van der Waals surface area contributed by atoms with Crippen molar-refractivity contribution in [3.63, 3.8) is 0 Å². The third-order valence-electron chi connectivity index (χ3n) is 5.48. The van der Waals surface area contributed by atoms with Gasteiger partial charge < -0.3 is 14.6 Å². The van der Waals surface area contributed by atoms with E-state index in [1.165, 1.54) is 0 Å². The van der Waals surface area contributed by atoms with Gasteiger partial charge in [0.2, 0.25) is 0 Å². The van der Waals surface area contributed by atoms with Crippen LogP contribution in [0.25, 0.3) is 17.2 Å². The summed E-state index contributed by atoms with van der Waals surface area (Å²) in [6, 6.07) is 11.1. The van der Waals surface area contributed by atoms with Crippen molar-refractivity contribution in [1.82, 2.24) is 14.5 Å². The standard InChI is InChI=1S/C24H28ClN3O3/c1-22(2)14-24(29,15-23(3,4)31-22)19-13-28(17-10-8-16(25)9-11-17)21(27-19)20-18(30-5)7-6-12-26-20/h6-13,29H,14-15H2,1-5H3. The van der Waals surface area contributed by atoms with Gasteiger partial charge in [-0.15, -0.1) is 0 Å². The molecule has 7 heteroatoms. The summed E-state index contributed by atoms with van der Waals surface area (Å²) in [5, 5.41) is 12.4. The molecule has 1 saturated heterocycles. The number of rotatable bonds is 4. The van der Waals surface area contributed by atoms with Crippen LogP contribution in [0.5, 0.6) is 5.75 Å². The number of aliphatic hydroxyl groups is 1. The zero-order valence-corrected chi connectivity index (χ0v) is 19.3. The molecule has 0 saturated carbocycles. The molecule has 0 radical (unpaired) electrons. The minimum atomic E-state index is -1.15. The normalized spacial score (nSPS) is 19.2. The number of methoxy groups -OCH3 is 1. The fourth-order valence-electron chi connectivity index (χ4n) is 4.77. The van der Waals surface area contributed by atoms with Crippen LogP contribution in [0.3, 0.4) is 0 Å². The lowest BCUT2D eigenvalue weighted by molar-refractivity contribution is -0.224. The molecular formula is C24H28ClN3O3. The molecule has 1 aliphatic rings. The van der Waals surface area contributed by atoms with Crippen molar-refractivity contribution in [2.24, 2.45) is 0 Å². The van der Waals surface area contributed by atoms with Gasteiger partial charge in [-0.3, -0.25) is 4.57 Å². The molecule has 164 valence electrons. The monoisotopic (exact) mass is 441 g/mol. The zero-order chi connectivity index (χ0) is 22.4. The lowest BCUT2D eigenvalue weighted by Crippen LogP contribution is -2.52. The van der Waals surface area contributed by atoms with E-state index in [0.29, 0.717) is 40.8 Å². The van der Waals surface area contributed by atoms with Gasteiger partial charge in [-0.05, 0) is 64.1 Å². The van der Waals surface area contributed by atoms with Gasteiger partial charge in [0.25, 0.3) is 0 Å². The van der Waals surface area contributed by atoms with Crippen LogP contribution in [0.15, 0.2) is 48.8 Å². The van der Waals surface area contributed by atoms with Crippen LogP contribution in [-0.2, 0) is 10.3 Å². The minimum absolute atomic E-state index is 0.430. The van der Waals surface area contributed by atoms with Crippen molar-refractivity contribution in [2.45, 2.75) is 57.3 Å². The number of hydrogen-bond donors (Lipinski definition) is 1. The van der Waals surface area contributed by atoms with Crippen LogP contribution in [0, 0.1) is 0 Å². The Labute approximate surface area is 187 Å². The molecular weight excluding hydrogens is 414 g/mol. The Morgan fingerprint density at radius 1 is 1.06 bits per heavy atom. The summed E-state index contributed by atoms with van der Waals surface area (Å²) in [6.45, 7) is 7.99. The van der Waals surface area contributed by atoms with E-state index in [1.807, 2.05) is 74.9 Å². The fraction of sp³-hybridized carbons (Fsp3) is 0.417. The molecule has 6 nitrogen and oxygen atoms in total. The number of halogens is 1. The molecule has 4 rings (SSSR count). The maximum atomic E-state index is 11.8. The average molecular weight is 442 g/mol. The van der Waals surface area contributed by atoms with E-state index >= 15 is 0 Å². The molecule has 0 bridgehead atoms. The second-order valence-electron chi connectivity index (χ2n) is 9.36. The SMILES string of the molecule is COc1cccnc1-c1nc(C2(O)CC(C)(C)OC(C)(C)C2)cn1-c1ccc(Cl)cc1. The van der Waals surface area contributed by atoms with Gasteiger partial charge in [0.1, 0.15) is 17.0 Å². The highest BCUT2D eigenvalue weighted by Crippen LogP contribution is 2.46. The number of aromatic nitrogens is 3. The van der Waals surface area contributed by atoms with Gasteiger partial charge in [0.05, 0.1) is 24.0 Å². The fourth-order valence-corrected chi connectivity index (χ4v) is 4.89. The molecule has 3 aromatic rings. The van der Waals surface area contributed by atoms with E-state index in [-0.39, 0.29) is 0 Å². The predicted molar refractivity (Wildman–Crippen MR) is 121 cm³/mol. The largest absolute Gasteiger partial charge is 0.494 e. The first-order valence-electron chi connectivity index (χ1n) is 10.3. The molecule has 1 fully saturated rings. The first-order valence-corrected chi connectivity index (χ1v) is 10.7. The van der Waals surface area contributed by atoms with Gasteiger partial charge in [-0.25, -0.2) is 9.97 Å². The maximum absolute atomic E-state index is 11.8. The second kappa shape index (κ2) is 7.62. The smallest absolute Gasteiger partial charge is 0.167 e. The molecule has 2 aromatic heterocycles.